The number of fused-ring (bicyclic) bond motifs is 2. The van der Waals surface area contributed by atoms with E-state index in [0.29, 0.717) is 71.1 Å². The highest BCUT2D eigenvalue weighted by molar-refractivity contribution is 6.04. The van der Waals surface area contributed by atoms with Crippen LogP contribution in [0.1, 0.15) is 39.0 Å². The third-order valence-electron chi connectivity index (χ3n) is 7.41. The van der Waals surface area contributed by atoms with Crippen molar-refractivity contribution in [2.24, 2.45) is 4.99 Å². The number of para-hydroxylation sites is 1. The maximum Gasteiger partial charge on any atom is 0.324 e. The average Bonchev–Trinajstić information content (AvgIpc) is 3.51. The maximum absolute atomic E-state index is 12.6. The van der Waals surface area contributed by atoms with Crippen LogP contribution < -0.4 is 29.7 Å². The smallest absolute Gasteiger partial charge is 0.324 e. The molecule has 3 aromatic carbocycles. The maximum atomic E-state index is 12.6. The zero-order valence-corrected chi connectivity index (χ0v) is 26.3. The van der Waals surface area contributed by atoms with Crippen LogP contribution in [-0.4, -0.2) is 53.8 Å². The molecule has 2 aromatic heterocycles. The molecular weight excluding hydrogens is 586 g/mol. The molecule has 2 amide bonds. The Bertz CT molecular complexity index is 1910. The molecule has 1 aliphatic rings. The Hall–Kier alpha value is -5.65. The van der Waals surface area contributed by atoms with Gasteiger partial charge in [0.05, 0.1) is 24.6 Å². The minimum atomic E-state index is -0.470. The lowest BCUT2D eigenvalue weighted by Crippen LogP contribution is -2.32. The van der Waals surface area contributed by atoms with E-state index < -0.39 is 6.03 Å². The summed E-state index contributed by atoms with van der Waals surface area (Å²) < 4.78 is 23.4. The largest absolute Gasteiger partial charge is 0.493 e. The number of aliphatic imine (C=N–C) groups is 1. The first-order valence-electron chi connectivity index (χ1n) is 14.8. The number of benzene rings is 3. The number of carbonyl (C=O) groups excluding carboxylic acids is 1. The van der Waals surface area contributed by atoms with E-state index in [1.165, 1.54) is 6.33 Å². The van der Waals surface area contributed by atoms with Crippen molar-refractivity contribution < 1.29 is 23.5 Å². The summed E-state index contributed by atoms with van der Waals surface area (Å²) in [4.78, 5) is 28.3. The Balaban J connectivity index is 1.15. The molecule has 0 fully saturated rings. The van der Waals surface area contributed by atoms with Crippen molar-refractivity contribution in [3.05, 3.63) is 84.4 Å². The lowest BCUT2D eigenvalue weighted by atomic mass is 9.93. The van der Waals surface area contributed by atoms with Crippen molar-refractivity contribution in [2.45, 2.75) is 33.1 Å². The molecule has 0 spiro atoms. The molecule has 12 heteroatoms. The SMILES string of the molecule is COc1cc2ncnc(Oc3cccc(NC(=O)Nc4cc(C(C)(C)C)on4)c3)c2cc1OCCN1CN=C(C)c2ccccc21. The van der Waals surface area contributed by atoms with Crippen LogP contribution in [0.3, 0.4) is 0 Å². The van der Waals surface area contributed by atoms with Gasteiger partial charge in [0.25, 0.3) is 0 Å². The third kappa shape index (κ3) is 6.70. The molecule has 3 heterocycles. The number of rotatable bonds is 9. The van der Waals surface area contributed by atoms with Gasteiger partial charge in [-0.15, -0.1) is 0 Å². The highest BCUT2D eigenvalue weighted by Crippen LogP contribution is 2.36. The van der Waals surface area contributed by atoms with Crippen molar-refractivity contribution >= 4 is 39.8 Å². The molecule has 0 atom stereocenters. The predicted molar refractivity (Wildman–Crippen MR) is 177 cm³/mol. The minimum absolute atomic E-state index is 0.229. The van der Waals surface area contributed by atoms with Gasteiger partial charge in [-0.05, 0) is 31.2 Å². The second-order valence-electron chi connectivity index (χ2n) is 11.7. The van der Waals surface area contributed by atoms with Gasteiger partial charge in [-0.1, -0.05) is 50.2 Å². The zero-order valence-electron chi connectivity index (χ0n) is 26.3. The van der Waals surface area contributed by atoms with Gasteiger partial charge >= 0.3 is 6.03 Å². The molecule has 5 aromatic rings. The number of aromatic nitrogens is 3. The minimum Gasteiger partial charge on any atom is -0.493 e. The third-order valence-corrected chi connectivity index (χ3v) is 7.41. The average molecular weight is 622 g/mol. The van der Waals surface area contributed by atoms with Crippen molar-refractivity contribution in [3.8, 4) is 23.1 Å². The molecule has 0 unspecified atom stereocenters. The van der Waals surface area contributed by atoms with Crippen LogP contribution in [0.4, 0.5) is 22.0 Å². The van der Waals surface area contributed by atoms with E-state index in [1.54, 1.807) is 43.5 Å². The first-order valence-corrected chi connectivity index (χ1v) is 14.8. The van der Waals surface area contributed by atoms with Crippen molar-refractivity contribution in [1.82, 2.24) is 15.1 Å². The zero-order chi connectivity index (χ0) is 32.3. The second-order valence-corrected chi connectivity index (χ2v) is 11.7. The van der Waals surface area contributed by atoms with E-state index in [-0.39, 0.29) is 5.41 Å². The van der Waals surface area contributed by atoms with Gasteiger partial charge in [-0.25, -0.2) is 14.8 Å². The number of methoxy groups -OCH3 is 1. The molecule has 0 saturated heterocycles. The molecule has 46 heavy (non-hydrogen) atoms. The normalized spacial score (nSPS) is 12.7. The number of hydrogen-bond acceptors (Lipinski definition) is 10. The van der Waals surface area contributed by atoms with E-state index in [1.807, 2.05) is 45.9 Å². The Labute approximate surface area is 266 Å². The highest BCUT2D eigenvalue weighted by Gasteiger charge is 2.21. The van der Waals surface area contributed by atoms with Crippen LogP contribution in [-0.2, 0) is 5.41 Å². The standard InChI is InChI=1S/C34H35N7O5/c1-21-24-11-6-7-12-27(24)41(20-37-21)13-14-44-29-16-25-26(17-28(29)43-5)35-19-36-32(25)45-23-10-8-9-22(15-23)38-33(42)39-31-18-30(46-40-31)34(2,3)4/h6-12,15-19H,13-14,20H2,1-5H3,(H2,38,39,40,42). The van der Waals surface area contributed by atoms with Crippen LogP contribution >= 0.6 is 0 Å². The van der Waals surface area contributed by atoms with Crippen LogP contribution in [0.5, 0.6) is 23.1 Å². The van der Waals surface area contributed by atoms with Crippen LogP contribution in [0, 0.1) is 0 Å². The summed E-state index contributed by atoms with van der Waals surface area (Å²) in [6, 6.07) is 20.0. The summed E-state index contributed by atoms with van der Waals surface area (Å²) in [5, 5.41) is 10.0. The van der Waals surface area contributed by atoms with E-state index in [0.717, 1.165) is 17.0 Å². The number of anilines is 3. The summed E-state index contributed by atoms with van der Waals surface area (Å²) in [6.45, 7) is 9.63. The number of amides is 2. The molecular formula is C34H35N7O5. The fourth-order valence-corrected chi connectivity index (χ4v) is 4.97. The molecule has 0 aliphatic carbocycles. The topological polar surface area (TPSA) is 136 Å². The lowest BCUT2D eigenvalue weighted by molar-refractivity contribution is 0.262. The predicted octanol–water partition coefficient (Wildman–Crippen LogP) is 7.03. The number of carbonyl (C=O) groups is 1. The molecule has 12 nitrogen and oxygen atoms in total. The first-order chi connectivity index (χ1) is 22.2. The summed E-state index contributed by atoms with van der Waals surface area (Å²) in [6.07, 6.45) is 1.42. The number of ether oxygens (including phenoxy) is 3. The van der Waals surface area contributed by atoms with Gasteiger partial charge in [0.1, 0.15) is 31.1 Å². The number of nitrogens with one attached hydrogen (secondary N) is 2. The van der Waals surface area contributed by atoms with Gasteiger partial charge in [-0.2, -0.15) is 0 Å². The van der Waals surface area contributed by atoms with Crippen LogP contribution in [0.25, 0.3) is 10.9 Å². The molecule has 1 aliphatic heterocycles. The Kier molecular flexibility index (Phi) is 8.43. The quantitative estimate of drug-likeness (QED) is 0.178. The number of nitrogens with zero attached hydrogens (tertiary/aromatic N) is 5. The molecule has 0 saturated carbocycles. The van der Waals surface area contributed by atoms with Gasteiger partial charge < -0.3 is 29.0 Å². The van der Waals surface area contributed by atoms with E-state index in [9.17, 15) is 4.79 Å². The van der Waals surface area contributed by atoms with Gasteiger partial charge in [0.15, 0.2) is 17.3 Å². The fraction of sp³-hybridized carbons (Fsp3) is 0.265. The van der Waals surface area contributed by atoms with Gasteiger partial charge in [0, 0.05) is 46.3 Å². The highest BCUT2D eigenvalue weighted by atomic mass is 16.5. The second kappa shape index (κ2) is 12.8. The molecule has 0 bridgehead atoms. The van der Waals surface area contributed by atoms with Crippen molar-refractivity contribution in [2.75, 3.05) is 42.5 Å². The van der Waals surface area contributed by atoms with E-state index in [4.69, 9.17) is 18.7 Å². The molecule has 6 rings (SSSR count). The summed E-state index contributed by atoms with van der Waals surface area (Å²) >= 11 is 0. The van der Waals surface area contributed by atoms with E-state index in [2.05, 4.69) is 47.8 Å². The molecule has 0 radical (unpaired) electrons. The van der Waals surface area contributed by atoms with Crippen molar-refractivity contribution in [3.63, 3.8) is 0 Å². The fourth-order valence-electron chi connectivity index (χ4n) is 4.97. The van der Waals surface area contributed by atoms with Gasteiger partial charge in [-0.3, -0.25) is 10.3 Å². The monoisotopic (exact) mass is 621 g/mol. The summed E-state index contributed by atoms with van der Waals surface area (Å²) in [5.41, 5.74) is 4.20. The van der Waals surface area contributed by atoms with Crippen LogP contribution in [0.2, 0.25) is 0 Å². The Morgan fingerprint density at radius 3 is 2.65 bits per heavy atom. The summed E-state index contributed by atoms with van der Waals surface area (Å²) in [5.74, 6) is 2.86. The summed E-state index contributed by atoms with van der Waals surface area (Å²) in [7, 11) is 1.59. The lowest BCUT2D eigenvalue weighted by Gasteiger charge is -2.29. The van der Waals surface area contributed by atoms with E-state index >= 15 is 0 Å². The number of urea groups is 1. The number of hydrogen-bond donors (Lipinski definition) is 2. The molecule has 2 N–H and O–H groups in total. The van der Waals surface area contributed by atoms with Gasteiger partial charge in [0.2, 0.25) is 5.88 Å². The Morgan fingerprint density at radius 2 is 1.85 bits per heavy atom. The van der Waals surface area contributed by atoms with Crippen molar-refractivity contribution in [1.29, 1.82) is 0 Å². The first kappa shape index (κ1) is 30.4. The Morgan fingerprint density at radius 1 is 1.00 bits per heavy atom. The molecule has 236 valence electrons. The van der Waals surface area contributed by atoms with Crippen LogP contribution in [0.15, 0.2) is 82.6 Å².